The summed E-state index contributed by atoms with van der Waals surface area (Å²) in [4.78, 5) is 0. The van der Waals surface area contributed by atoms with E-state index in [-0.39, 0.29) is 5.82 Å². The van der Waals surface area contributed by atoms with Gasteiger partial charge < -0.3 is 10.1 Å². The van der Waals surface area contributed by atoms with E-state index >= 15 is 0 Å². The molecule has 0 saturated carbocycles. The van der Waals surface area contributed by atoms with Crippen molar-refractivity contribution in [2.24, 2.45) is 0 Å². The predicted octanol–water partition coefficient (Wildman–Crippen LogP) is 4.41. The number of nitrogens with one attached hydrogen (secondary N) is 1. The molecule has 0 amide bonds. The van der Waals surface area contributed by atoms with Gasteiger partial charge in [-0.25, -0.2) is 4.39 Å². The Balaban J connectivity index is 2.34. The summed E-state index contributed by atoms with van der Waals surface area (Å²) in [6.07, 6.45) is 0. The van der Waals surface area contributed by atoms with Gasteiger partial charge in [0.1, 0.15) is 17.3 Å². The Bertz CT molecular complexity index is 586. The van der Waals surface area contributed by atoms with E-state index in [9.17, 15) is 4.39 Å². The van der Waals surface area contributed by atoms with Crippen LogP contribution in [0.15, 0.2) is 40.9 Å². The quantitative estimate of drug-likeness (QED) is 0.899. The van der Waals surface area contributed by atoms with Crippen LogP contribution < -0.4 is 10.1 Å². The van der Waals surface area contributed by atoms with E-state index in [2.05, 4.69) is 27.3 Å². The number of halogens is 2. The highest BCUT2D eigenvalue weighted by Gasteiger charge is 2.08. The van der Waals surface area contributed by atoms with Crippen molar-refractivity contribution in [3.8, 4) is 11.5 Å². The lowest BCUT2D eigenvalue weighted by Gasteiger charge is -2.13. The van der Waals surface area contributed by atoms with Gasteiger partial charge in [0, 0.05) is 18.2 Å². The van der Waals surface area contributed by atoms with Crippen LogP contribution in [-0.2, 0) is 6.54 Å². The van der Waals surface area contributed by atoms with E-state index < -0.39 is 0 Å². The molecule has 4 heteroatoms. The molecule has 0 saturated heterocycles. The maximum atomic E-state index is 13.2. The number of hydrogen-bond acceptors (Lipinski definition) is 2. The van der Waals surface area contributed by atoms with Crippen molar-refractivity contribution in [3.05, 3.63) is 57.8 Å². The van der Waals surface area contributed by atoms with E-state index in [0.717, 1.165) is 21.3 Å². The lowest BCUT2D eigenvalue weighted by atomic mass is 10.1. The second-order valence-electron chi connectivity index (χ2n) is 4.32. The van der Waals surface area contributed by atoms with Crippen LogP contribution in [0.25, 0.3) is 0 Å². The summed E-state index contributed by atoms with van der Waals surface area (Å²) in [7, 11) is 1.88. The first-order chi connectivity index (χ1) is 9.10. The fourth-order valence-corrected chi connectivity index (χ4v) is 2.14. The first kappa shape index (κ1) is 14.0. The summed E-state index contributed by atoms with van der Waals surface area (Å²) < 4.78 is 19.8. The molecule has 0 fully saturated rings. The van der Waals surface area contributed by atoms with Gasteiger partial charge >= 0.3 is 0 Å². The number of rotatable bonds is 4. The standard InChI is InChI=1S/C15H15BrFNO/c1-10-3-6-14(11(7-10)9-18-2)19-15-8-12(17)4-5-13(15)16/h3-8,18H,9H2,1-2H3. The summed E-state index contributed by atoms with van der Waals surface area (Å²) in [5.41, 5.74) is 2.20. The van der Waals surface area contributed by atoms with Crippen molar-refractivity contribution in [1.29, 1.82) is 0 Å². The molecular weight excluding hydrogens is 309 g/mol. The Morgan fingerprint density at radius 3 is 2.68 bits per heavy atom. The third-order valence-corrected chi connectivity index (χ3v) is 3.35. The number of hydrogen-bond donors (Lipinski definition) is 1. The highest BCUT2D eigenvalue weighted by Crippen LogP contribution is 2.32. The Morgan fingerprint density at radius 1 is 1.16 bits per heavy atom. The Morgan fingerprint density at radius 2 is 1.95 bits per heavy atom. The van der Waals surface area contributed by atoms with Gasteiger partial charge in [0.15, 0.2) is 0 Å². The summed E-state index contributed by atoms with van der Waals surface area (Å²) in [5.74, 6) is 0.882. The molecule has 19 heavy (non-hydrogen) atoms. The third-order valence-electron chi connectivity index (χ3n) is 2.70. The molecule has 0 aliphatic carbocycles. The normalized spacial score (nSPS) is 10.5. The highest BCUT2D eigenvalue weighted by atomic mass is 79.9. The van der Waals surface area contributed by atoms with E-state index in [1.165, 1.54) is 12.1 Å². The fourth-order valence-electron chi connectivity index (χ4n) is 1.81. The van der Waals surface area contributed by atoms with Crippen LogP contribution in [-0.4, -0.2) is 7.05 Å². The van der Waals surface area contributed by atoms with Crippen LogP contribution in [0.2, 0.25) is 0 Å². The molecule has 0 unspecified atom stereocenters. The monoisotopic (exact) mass is 323 g/mol. The molecule has 2 aromatic rings. The van der Waals surface area contributed by atoms with E-state index in [1.807, 2.05) is 26.1 Å². The molecule has 0 spiro atoms. The molecule has 0 heterocycles. The van der Waals surface area contributed by atoms with Gasteiger partial charge in [-0.1, -0.05) is 17.7 Å². The zero-order valence-corrected chi connectivity index (χ0v) is 12.4. The Labute approximate surface area is 120 Å². The van der Waals surface area contributed by atoms with Crippen LogP contribution in [0.3, 0.4) is 0 Å². The molecule has 0 aromatic heterocycles. The molecule has 1 N–H and O–H groups in total. The number of ether oxygens (including phenoxy) is 1. The zero-order chi connectivity index (χ0) is 13.8. The molecule has 2 rings (SSSR count). The predicted molar refractivity (Wildman–Crippen MR) is 78.1 cm³/mol. The lowest BCUT2D eigenvalue weighted by Crippen LogP contribution is -2.06. The molecule has 100 valence electrons. The van der Waals surface area contributed by atoms with Crippen LogP contribution in [0, 0.1) is 12.7 Å². The van der Waals surface area contributed by atoms with Crippen LogP contribution in [0.4, 0.5) is 4.39 Å². The molecule has 0 bridgehead atoms. The molecule has 0 atom stereocenters. The van der Waals surface area contributed by atoms with E-state index in [1.54, 1.807) is 6.07 Å². The van der Waals surface area contributed by atoms with Crippen molar-refractivity contribution in [2.75, 3.05) is 7.05 Å². The largest absolute Gasteiger partial charge is 0.456 e. The molecule has 0 aliphatic heterocycles. The minimum atomic E-state index is -0.319. The topological polar surface area (TPSA) is 21.3 Å². The Kier molecular flexibility index (Phi) is 4.56. The minimum Gasteiger partial charge on any atom is -0.456 e. The highest BCUT2D eigenvalue weighted by molar-refractivity contribution is 9.10. The number of benzene rings is 2. The van der Waals surface area contributed by atoms with Gasteiger partial charge in [-0.2, -0.15) is 0 Å². The average Bonchev–Trinajstić information content (AvgIpc) is 2.37. The van der Waals surface area contributed by atoms with Crippen molar-refractivity contribution in [1.82, 2.24) is 5.32 Å². The average molecular weight is 324 g/mol. The second-order valence-corrected chi connectivity index (χ2v) is 5.17. The third kappa shape index (κ3) is 3.55. The molecular formula is C15H15BrFNO. The van der Waals surface area contributed by atoms with Crippen LogP contribution in [0.5, 0.6) is 11.5 Å². The van der Waals surface area contributed by atoms with Gasteiger partial charge in [0.25, 0.3) is 0 Å². The summed E-state index contributed by atoms with van der Waals surface area (Å²) >= 11 is 3.36. The van der Waals surface area contributed by atoms with E-state index in [0.29, 0.717) is 12.3 Å². The van der Waals surface area contributed by atoms with Gasteiger partial charge in [0.05, 0.1) is 4.47 Å². The molecule has 0 aliphatic rings. The molecule has 0 radical (unpaired) electrons. The van der Waals surface area contributed by atoms with E-state index in [4.69, 9.17) is 4.74 Å². The smallest absolute Gasteiger partial charge is 0.144 e. The first-order valence-corrected chi connectivity index (χ1v) is 6.76. The maximum Gasteiger partial charge on any atom is 0.144 e. The first-order valence-electron chi connectivity index (χ1n) is 5.97. The summed E-state index contributed by atoms with van der Waals surface area (Å²) in [6, 6.07) is 10.3. The second kappa shape index (κ2) is 6.17. The van der Waals surface area contributed by atoms with Crippen molar-refractivity contribution in [2.45, 2.75) is 13.5 Å². The van der Waals surface area contributed by atoms with Crippen molar-refractivity contribution in [3.63, 3.8) is 0 Å². The van der Waals surface area contributed by atoms with Gasteiger partial charge in [0.2, 0.25) is 0 Å². The van der Waals surface area contributed by atoms with Gasteiger partial charge in [-0.15, -0.1) is 0 Å². The van der Waals surface area contributed by atoms with Gasteiger partial charge in [-0.05, 0) is 48.1 Å². The van der Waals surface area contributed by atoms with Crippen molar-refractivity contribution < 1.29 is 9.13 Å². The Hall–Kier alpha value is -1.39. The van der Waals surface area contributed by atoms with Crippen LogP contribution in [0.1, 0.15) is 11.1 Å². The molecule has 2 aromatic carbocycles. The lowest BCUT2D eigenvalue weighted by molar-refractivity contribution is 0.466. The van der Waals surface area contributed by atoms with Crippen molar-refractivity contribution >= 4 is 15.9 Å². The van der Waals surface area contributed by atoms with Crippen LogP contribution >= 0.6 is 15.9 Å². The zero-order valence-electron chi connectivity index (χ0n) is 10.8. The molecule has 2 nitrogen and oxygen atoms in total. The van der Waals surface area contributed by atoms with Gasteiger partial charge in [-0.3, -0.25) is 0 Å². The maximum absolute atomic E-state index is 13.2. The minimum absolute atomic E-state index is 0.319. The summed E-state index contributed by atoms with van der Waals surface area (Å²) in [6.45, 7) is 2.73. The summed E-state index contributed by atoms with van der Waals surface area (Å²) in [5, 5.41) is 3.10. The SMILES string of the molecule is CNCc1cc(C)ccc1Oc1cc(F)ccc1Br. The number of aryl methyl sites for hydroxylation is 1. The fraction of sp³-hybridized carbons (Fsp3) is 0.200.